The normalized spacial score (nSPS) is 22.7. The summed E-state index contributed by atoms with van der Waals surface area (Å²) in [5.74, 6) is -0.516. The quantitative estimate of drug-likeness (QED) is 0.922. The molecule has 2 unspecified atom stereocenters. The van der Waals surface area contributed by atoms with Crippen LogP contribution in [0.3, 0.4) is 0 Å². The zero-order valence-corrected chi connectivity index (χ0v) is 11.8. The van der Waals surface area contributed by atoms with Crippen LogP contribution in [-0.4, -0.2) is 42.2 Å². The van der Waals surface area contributed by atoms with Gasteiger partial charge in [0.05, 0.1) is 13.2 Å². The molecule has 1 aromatic rings. The fraction of sp³-hybridized carbons (Fsp3) is 0.533. The molecular weight excluding hydrogens is 261 g/mol. The topological polar surface area (TPSA) is 49.8 Å². The van der Waals surface area contributed by atoms with E-state index in [1.807, 2.05) is 6.92 Å². The number of hydrogen-bond donors (Lipinski definition) is 1. The van der Waals surface area contributed by atoms with Crippen LogP contribution in [0.15, 0.2) is 18.2 Å². The van der Waals surface area contributed by atoms with Crippen LogP contribution in [0.25, 0.3) is 0 Å². The molecule has 20 heavy (non-hydrogen) atoms. The lowest BCUT2D eigenvalue weighted by Crippen LogP contribution is -2.45. The maximum Gasteiger partial charge on any atom is 0.253 e. The van der Waals surface area contributed by atoms with E-state index in [4.69, 9.17) is 4.74 Å². The van der Waals surface area contributed by atoms with E-state index in [1.165, 1.54) is 19.2 Å². The molecule has 110 valence electrons. The Balaban J connectivity index is 2.13. The molecular formula is C15H20FNO3. The second kappa shape index (κ2) is 6.22. The van der Waals surface area contributed by atoms with Gasteiger partial charge in [-0.3, -0.25) is 4.79 Å². The van der Waals surface area contributed by atoms with Crippen LogP contribution in [0, 0.1) is 11.7 Å². The molecule has 0 saturated carbocycles. The number of hydrogen-bond acceptors (Lipinski definition) is 3. The Morgan fingerprint density at radius 1 is 1.55 bits per heavy atom. The van der Waals surface area contributed by atoms with Crippen molar-refractivity contribution in [2.24, 2.45) is 5.92 Å². The minimum atomic E-state index is -0.539. The van der Waals surface area contributed by atoms with E-state index in [2.05, 4.69) is 0 Å². The summed E-state index contributed by atoms with van der Waals surface area (Å²) in [6, 6.07) is 4.22. The van der Waals surface area contributed by atoms with E-state index in [1.54, 1.807) is 11.0 Å². The van der Waals surface area contributed by atoms with Crippen LogP contribution in [0.4, 0.5) is 4.39 Å². The van der Waals surface area contributed by atoms with Crippen LogP contribution >= 0.6 is 0 Å². The first-order valence-corrected chi connectivity index (χ1v) is 6.87. The van der Waals surface area contributed by atoms with E-state index in [-0.39, 0.29) is 23.7 Å². The Kier molecular flexibility index (Phi) is 4.60. The lowest BCUT2D eigenvalue weighted by Gasteiger charge is -2.35. The SMILES string of the molecule is CCC1CN(C(=O)c2ccc(OC)c(F)c2)CCC1O. The number of benzene rings is 1. The predicted octanol–water partition coefficient (Wildman–Crippen LogP) is 2.07. The molecule has 1 saturated heterocycles. The molecule has 1 N–H and O–H groups in total. The third kappa shape index (κ3) is 2.93. The van der Waals surface area contributed by atoms with Gasteiger partial charge in [-0.15, -0.1) is 0 Å². The van der Waals surface area contributed by atoms with Gasteiger partial charge < -0.3 is 14.7 Å². The van der Waals surface area contributed by atoms with Crippen molar-refractivity contribution < 1.29 is 19.0 Å². The van der Waals surface area contributed by atoms with Gasteiger partial charge >= 0.3 is 0 Å². The average molecular weight is 281 g/mol. The molecule has 1 amide bonds. The summed E-state index contributed by atoms with van der Waals surface area (Å²) in [4.78, 5) is 14.0. The smallest absolute Gasteiger partial charge is 0.253 e. The minimum absolute atomic E-state index is 0.0933. The van der Waals surface area contributed by atoms with Crippen molar-refractivity contribution in [3.05, 3.63) is 29.6 Å². The van der Waals surface area contributed by atoms with E-state index in [9.17, 15) is 14.3 Å². The number of aliphatic hydroxyl groups is 1. The molecule has 1 heterocycles. The van der Waals surface area contributed by atoms with Gasteiger partial charge in [-0.25, -0.2) is 4.39 Å². The molecule has 0 radical (unpaired) electrons. The highest BCUT2D eigenvalue weighted by Crippen LogP contribution is 2.23. The second-order valence-electron chi connectivity index (χ2n) is 5.12. The Labute approximate surface area is 118 Å². The van der Waals surface area contributed by atoms with Crippen molar-refractivity contribution in [2.75, 3.05) is 20.2 Å². The number of carbonyl (C=O) groups excluding carboxylic acids is 1. The van der Waals surface area contributed by atoms with Gasteiger partial charge in [0.15, 0.2) is 11.6 Å². The van der Waals surface area contributed by atoms with Crippen molar-refractivity contribution in [1.29, 1.82) is 0 Å². The number of methoxy groups -OCH3 is 1. The molecule has 0 spiro atoms. The first-order chi connectivity index (χ1) is 9.56. The van der Waals surface area contributed by atoms with Crippen LogP contribution in [0.5, 0.6) is 5.75 Å². The summed E-state index contributed by atoms with van der Waals surface area (Å²) >= 11 is 0. The van der Waals surface area contributed by atoms with Gasteiger partial charge in [0.1, 0.15) is 0 Å². The first kappa shape index (κ1) is 14.8. The van der Waals surface area contributed by atoms with Crippen molar-refractivity contribution in [2.45, 2.75) is 25.9 Å². The van der Waals surface area contributed by atoms with Crippen LogP contribution < -0.4 is 4.74 Å². The zero-order chi connectivity index (χ0) is 14.7. The Hall–Kier alpha value is -1.62. The first-order valence-electron chi connectivity index (χ1n) is 6.87. The fourth-order valence-corrected chi connectivity index (χ4v) is 2.59. The Morgan fingerprint density at radius 3 is 2.90 bits per heavy atom. The molecule has 1 aliphatic heterocycles. The third-order valence-electron chi connectivity index (χ3n) is 3.90. The van der Waals surface area contributed by atoms with E-state index >= 15 is 0 Å². The predicted molar refractivity (Wildman–Crippen MR) is 73.3 cm³/mol. The number of ether oxygens (including phenoxy) is 1. The maximum atomic E-state index is 13.6. The Morgan fingerprint density at radius 2 is 2.30 bits per heavy atom. The maximum absolute atomic E-state index is 13.6. The summed E-state index contributed by atoms with van der Waals surface area (Å²) in [5, 5.41) is 9.84. The zero-order valence-electron chi connectivity index (χ0n) is 11.8. The summed E-state index contributed by atoms with van der Waals surface area (Å²) in [6.45, 7) is 3.02. The van der Waals surface area contributed by atoms with Crippen LogP contribution in [0.1, 0.15) is 30.1 Å². The highest BCUT2D eigenvalue weighted by molar-refractivity contribution is 5.94. The standard InChI is InChI=1S/C15H20FNO3/c1-3-10-9-17(7-6-13(10)18)15(19)11-4-5-14(20-2)12(16)8-11/h4-5,8,10,13,18H,3,6-7,9H2,1-2H3. The van der Waals surface area contributed by atoms with E-state index in [0.29, 0.717) is 25.1 Å². The van der Waals surface area contributed by atoms with Gasteiger partial charge in [0.25, 0.3) is 5.91 Å². The molecule has 2 atom stereocenters. The number of aliphatic hydroxyl groups excluding tert-OH is 1. The minimum Gasteiger partial charge on any atom is -0.494 e. The van der Waals surface area contributed by atoms with Crippen molar-refractivity contribution in [1.82, 2.24) is 4.90 Å². The van der Waals surface area contributed by atoms with E-state index < -0.39 is 5.82 Å². The fourth-order valence-electron chi connectivity index (χ4n) is 2.59. The molecule has 1 aromatic carbocycles. The summed E-state index contributed by atoms with van der Waals surface area (Å²) < 4.78 is 18.5. The second-order valence-corrected chi connectivity index (χ2v) is 5.12. The van der Waals surface area contributed by atoms with Gasteiger partial charge in [-0.2, -0.15) is 0 Å². The number of halogens is 1. The van der Waals surface area contributed by atoms with Gasteiger partial charge in [0.2, 0.25) is 0 Å². The van der Waals surface area contributed by atoms with Gasteiger partial charge in [0, 0.05) is 24.6 Å². The van der Waals surface area contributed by atoms with Gasteiger partial charge in [-0.05, 0) is 31.0 Å². The lowest BCUT2D eigenvalue weighted by molar-refractivity contribution is 0.0228. The van der Waals surface area contributed by atoms with Crippen molar-refractivity contribution in [3.8, 4) is 5.75 Å². The molecule has 5 heteroatoms. The molecule has 0 aliphatic carbocycles. The van der Waals surface area contributed by atoms with Crippen LogP contribution in [-0.2, 0) is 0 Å². The van der Waals surface area contributed by atoms with E-state index in [0.717, 1.165) is 6.42 Å². The van der Waals surface area contributed by atoms with Crippen molar-refractivity contribution in [3.63, 3.8) is 0 Å². The molecule has 1 fully saturated rings. The number of nitrogens with zero attached hydrogens (tertiary/aromatic N) is 1. The number of piperidine rings is 1. The summed E-state index contributed by atoms with van der Waals surface area (Å²) in [6.07, 6.45) is 1.04. The largest absolute Gasteiger partial charge is 0.494 e. The lowest BCUT2D eigenvalue weighted by atomic mass is 9.92. The number of rotatable bonds is 3. The molecule has 1 aliphatic rings. The number of carbonyl (C=O) groups is 1. The average Bonchev–Trinajstić information content (AvgIpc) is 2.47. The molecule has 0 bridgehead atoms. The Bertz CT molecular complexity index is 492. The number of likely N-dealkylation sites (tertiary alicyclic amines) is 1. The highest BCUT2D eigenvalue weighted by atomic mass is 19.1. The summed E-state index contributed by atoms with van der Waals surface area (Å²) in [7, 11) is 1.39. The highest BCUT2D eigenvalue weighted by Gasteiger charge is 2.29. The molecule has 0 aromatic heterocycles. The van der Waals surface area contributed by atoms with Crippen molar-refractivity contribution >= 4 is 5.91 Å². The number of amides is 1. The van der Waals surface area contributed by atoms with Gasteiger partial charge in [-0.1, -0.05) is 6.92 Å². The summed E-state index contributed by atoms with van der Waals surface area (Å²) in [5.41, 5.74) is 0.314. The van der Waals surface area contributed by atoms with Crippen LogP contribution in [0.2, 0.25) is 0 Å². The molecule has 4 nitrogen and oxygen atoms in total. The monoisotopic (exact) mass is 281 g/mol. The molecule has 2 rings (SSSR count). The third-order valence-corrected chi connectivity index (χ3v) is 3.90.